The second-order valence-corrected chi connectivity index (χ2v) is 8.41. The first-order chi connectivity index (χ1) is 16.7. The maximum Gasteiger partial charge on any atom is 0.340 e. The van der Waals surface area contributed by atoms with Gasteiger partial charge in [0.05, 0.1) is 30.2 Å². The van der Waals surface area contributed by atoms with Crippen molar-refractivity contribution in [3.8, 4) is 23.1 Å². The molecular formula is C27H29N3O3S. The zero-order chi connectivity index (χ0) is 24.2. The lowest BCUT2D eigenvalue weighted by Crippen LogP contribution is -2.09. The molecule has 7 heteroatoms. The van der Waals surface area contributed by atoms with Gasteiger partial charge in [-0.2, -0.15) is 5.26 Å². The summed E-state index contributed by atoms with van der Waals surface area (Å²) in [5.74, 6) is 0.431. The van der Waals surface area contributed by atoms with Crippen molar-refractivity contribution in [1.82, 2.24) is 4.98 Å². The summed E-state index contributed by atoms with van der Waals surface area (Å²) < 4.78 is 10.9. The first-order valence-corrected chi connectivity index (χ1v) is 12.4. The number of unbranched alkanes of at least 4 members (excludes halogenated alkanes) is 3. The van der Waals surface area contributed by atoms with Gasteiger partial charge < -0.3 is 14.8 Å². The van der Waals surface area contributed by atoms with E-state index in [0.717, 1.165) is 42.7 Å². The molecule has 1 N–H and O–H groups in total. The molecule has 3 rings (SSSR count). The Morgan fingerprint density at radius 1 is 1.12 bits per heavy atom. The molecule has 1 heterocycles. The number of nitrogens with one attached hydrogen (secondary N) is 1. The Balaban J connectivity index is 1.69. The number of para-hydroxylation sites is 1. The molecule has 0 saturated heterocycles. The average Bonchev–Trinajstić information content (AvgIpc) is 3.35. The lowest BCUT2D eigenvalue weighted by Gasteiger charge is -2.09. The summed E-state index contributed by atoms with van der Waals surface area (Å²) in [6.07, 6.45) is 5.75. The topological polar surface area (TPSA) is 84.2 Å². The van der Waals surface area contributed by atoms with Gasteiger partial charge in [0.15, 0.2) is 0 Å². The van der Waals surface area contributed by atoms with E-state index >= 15 is 0 Å². The number of rotatable bonds is 12. The molecule has 176 valence electrons. The van der Waals surface area contributed by atoms with Crippen LogP contribution < -0.4 is 10.1 Å². The van der Waals surface area contributed by atoms with Crippen molar-refractivity contribution in [2.75, 3.05) is 18.5 Å². The summed E-state index contributed by atoms with van der Waals surface area (Å²) in [4.78, 5) is 17.2. The van der Waals surface area contributed by atoms with Crippen LogP contribution in [0.3, 0.4) is 0 Å². The van der Waals surface area contributed by atoms with E-state index in [1.165, 1.54) is 11.3 Å². The average molecular weight is 476 g/mol. The van der Waals surface area contributed by atoms with Crippen molar-refractivity contribution >= 4 is 28.6 Å². The molecule has 0 aliphatic carbocycles. The van der Waals surface area contributed by atoms with Gasteiger partial charge in [0.25, 0.3) is 0 Å². The number of carbonyl (C=O) groups excluding carboxylic acids is 1. The summed E-state index contributed by atoms with van der Waals surface area (Å²) in [6.45, 7) is 5.10. The Hall–Kier alpha value is -3.63. The van der Waals surface area contributed by atoms with Crippen LogP contribution in [0.2, 0.25) is 0 Å². The van der Waals surface area contributed by atoms with Crippen LogP contribution in [0.25, 0.3) is 16.8 Å². The third kappa shape index (κ3) is 6.93. The SMILES string of the molecule is CCCCCCOC(=O)c1ccccc1NC=C(C#N)c1nc(-c2ccc(OCC)cc2)cs1. The number of hydrogen-bond acceptors (Lipinski definition) is 7. The van der Waals surface area contributed by atoms with Crippen molar-refractivity contribution in [2.45, 2.75) is 39.5 Å². The Morgan fingerprint density at radius 2 is 1.91 bits per heavy atom. The third-order valence-electron chi connectivity index (χ3n) is 5.07. The predicted octanol–water partition coefficient (Wildman–Crippen LogP) is 6.92. The van der Waals surface area contributed by atoms with Crippen LogP contribution in [0.5, 0.6) is 5.75 Å². The fraction of sp³-hybridized carbons (Fsp3) is 0.296. The van der Waals surface area contributed by atoms with E-state index in [-0.39, 0.29) is 5.97 Å². The normalized spacial score (nSPS) is 11.0. The van der Waals surface area contributed by atoms with Gasteiger partial charge in [0.2, 0.25) is 0 Å². The number of benzene rings is 2. The number of anilines is 1. The second-order valence-electron chi connectivity index (χ2n) is 7.55. The summed E-state index contributed by atoms with van der Waals surface area (Å²) in [5, 5.41) is 15.3. The maximum atomic E-state index is 12.5. The van der Waals surface area contributed by atoms with Crippen molar-refractivity contribution in [3.05, 3.63) is 70.7 Å². The molecule has 0 bridgehead atoms. The number of ether oxygens (including phenoxy) is 2. The number of hydrogen-bond donors (Lipinski definition) is 1. The number of thiazole rings is 1. The van der Waals surface area contributed by atoms with Gasteiger partial charge in [0.1, 0.15) is 22.4 Å². The molecule has 0 fully saturated rings. The summed E-state index contributed by atoms with van der Waals surface area (Å²) in [5.41, 5.74) is 3.13. The fourth-order valence-electron chi connectivity index (χ4n) is 3.27. The van der Waals surface area contributed by atoms with Gasteiger partial charge in [-0.15, -0.1) is 11.3 Å². The van der Waals surface area contributed by atoms with Gasteiger partial charge in [-0.1, -0.05) is 38.3 Å². The predicted molar refractivity (Wildman–Crippen MR) is 137 cm³/mol. The number of aromatic nitrogens is 1. The van der Waals surface area contributed by atoms with Gasteiger partial charge in [-0.05, 0) is 49.7 Å². The van der Waals surface area contributed by atoms with Crippen molar-refractivity contribution in [3.63, 3.8) is 0 Å². The molecule has 0 saturated carbocycles. The third-order valence-corrected chi connectivity index (χ3v) is 5.94. The standard InChI is InChI=1S/C27H29N3O3S/c1-3-5-6-9-16-33-27(31)23-10-7-8-11-24(23)29-18-21(17-28)26-30-25(19-34-26)20-12-14-22(15-13-20)32-4-2/h7-8,10-15,18-19,29H,3-6,9,16H2,1-2H3. The molecule has 0 radical (unpaired) electrons. The Bertz CT molecular complexity index is 1150. The van der Waals surface area contributed by atoms with Crippen LogP contribution in [0.1, 0.15) is 54.9 Å². The Kier molecular flexibility index (Phi) is 9.68. The number of esters is 1. The van der Waals surface area contributed by atoms with Crippen LogP contribution >= 0.6 is 11.3 Å². The van der Waals surface area contributed by atoms with Crippen LogP contribution in [0.4, 0.5) is 5.69 Å². The largest absolute Gasteiger partial charge is 0.494 e. The summed E-state index contributed by atoms with van der Waals surface area (Å²) in [6, 6.07) is 17.0. The van der Waals surface area contributed by atoms with Gasteiger partial charge in [-0.3, -0.25) is 0 Å². The molecule has 6 nitrogen and oxygen atoms in total. The molecule has 0 amide bonds. The van der Waals surface area contributed by atoms with Crippen LogP contribution in [-0.4, -0.2) is 24.2 Å². The summed E-state index contributed by atoms with van der Waals surface area (Å²) >= 11 is 1.39. The molecule has 34 heavy (non-hydrogen) atoms. The van der Waals surface area contributed by atoms with E-state index in [1.807, 2.05) is 42.6 Å². The van der Waals surface area contributed by atoms with E-state index in [0.29, 0.717) is 35.0 Å². The first-order valence-electron chi connectivity index (χ1n) is 11.5. The molecule has 0 atom stereocenters. The minimum absolute atomic E-state index is 0.376. The molecule has 0 unspecified atom stereocenters. The van der Waals surface area contributed by atoms with Gasteiger partial charge >= 0.3 is 5.97 Å². The monoisotopic (exact) mass is 475 g/mol. The number of carbonyl (C=O) groups is 1. The fourth-order valence-corrected chi connectivity index (χ4v) is 4.06. The lowest BCUT2D eigenvalue weighted by atomic mass is 10.1. The smallest absolute Gasteiger partial charge is 0.340 e. The number of nitrogens with zero attached hydrogens (tertiary/aromatic N) is 2. The highest BCUT2D eigenvalue weighted by atomic mass is 32.1. The number of allylic oxidation sites excluding steroid dienone is 1. The molecule has 0 spiro atoms. The summed E-state index contributed by atoms with van der Waals surface area (Å²) in [7, 11) is 0. The van der Waals surface area contributed by atoms with Crippen molar-refractivity contribution in [1.29, 1.82) is 5.26 Å². The minimum Gasteiger partial charge on any atom is -0.494 e. The number of nitriles is 1. The molecule has 3 aromatic rings. The van der Waals surface area contributed by atoms with E-state index in [1.54, 1.807) is 24.4 Å². The van der Waals surface area contributed by atoms with E-state index in [2.05, 4.69) is 23.3 Å². The Labute approximate surface area is 204 Å². The first kappa shape index (κ1) is 25.0. The maximum absolute atomic E-state index is 12.5. The second kappa shape index (κ2) is 13.2. The molecule has 1 aromatic heterocycles. The van der Waals surface area contributed by atoms with E-state index < -0.39 is 0 Å². The van der Waals surface area contributed by atoms with Gasteiger partial charge in [0, 0.05) is 17.1 Å². The highest BCUT2D eigenvalue weighted by molar-refractivity contribution is 7.11. The zero-order valence-electron chi connectivity index (χ0n) is 19.5. The van der Waals surface area contributed by atoms with Crippen LogP contribution in [0, 0.1) is 11.3 Å². The molecular weight excluding hydrogens is 446 g/mol. The van der Waals surface area contributed by atoms with Crippen LogP contribution in [0.15, 0.2) is 60.1 Å². The highest BCUT2D eigenvalue weighted by Gasteiger charge is 2.13. The zero-order valence-corrected chi connectivity index (χ0v) is 20.4. The minimum atomic E-state index is -0.376. The highest BCUT2D eigenvalue weighted by Crippen LogP contribution is 2.28. The molecule has 0 aliphatic rings. The van der Waals surface area contributed by atoms with E-state index in [9.17, 15) is 10.1 Å². The quantitative estimate of drug-likeness (QED) is 0.174. The van der Waals surface area contributed by atoms with Crippen molar-refractivity contribution < 1.29 is 14.3 Å². The molecule has 2 aromatic carbocycles. The van der Waals surface area contributed by atoms with Crippen LogP contribution in [-0.2, 0) is 4.74 Å². The van der Waals surface area contributed by atoms with E-state index in [4.69, 9.17) is 9.47 Å². The van der Waals surface area contributed by atoms with Gasteiger partial charge in [-0.25, -0.2) is 9.78 Å². The lowest BCUT2D eigenvalue weighted by molar-refractivity contribution is 0.0499. The van der Waals surface area contributed by atoms with Crippen molar-refractivity contribution in [2.24, 2.45) is 0 Å². The molecule has 0 aliphatic heterocycles. The Morgan fingerprint density at radius 3 is 2.65 bits per heavy atom.